The van der Waals surface area contributed by atoms with E-state index >= 15 is 0 Å². The van der Waals surface area contributed by atoms with Gasteiger partial charge in [-0.2, -0.15) is 18.2 Å². The van der Waals surface area contributed by atoms with Crippen LogP contribution in [0, 0.1) is 18.6 Å². The lowest BCUT2D eigenvalue weighted by atomic mass is 10.2. The Morgan fingerprint density at radius 2 is 1.78 bits per heavy atom. The van der Waals surface area contributed by atoms with Crippen LogP contribution < -0.4 is 20.1 Å². The Kier molecular flexibility index (Phi) is 8.12. The number of piperazine rings is 1. The Morgan fingerprint density at radius 1 is 1.12 bits per heavy atom. The molecule has 2 aliphatic heterocycles. The van der Waals surface area contributed by atoms with Crippen LogP contribution in [-0.2, 0) is 22.7 Å². The minimum absolute atomic E-state index is 0.00940. The number of rotatable bonds is 5. The lowest BCUT2D eigenvalue weighted by Gasteiger charge is -2.35. The van der Waals surface area contributed by atoms with Gasteiger partial charge in [0.05, 0.1) is 25.3 Å². The number of carbonyl (C=O) groups is 2. The van der Waals surface area contributed by atoms with Crippen LogP contribution >= 0.6 is 0 Å². The zero-order valence-electron chi connectivity index (χ0n) is 21.5. The second kappa shape index (κ2) is 11.4. The summed E-state index contributed by atoms with van der Waals surface area (Å²) in [5.74, 6) is -4.41. The van der Waals surface area contributed by atoms with Crippen LogP contribution in [0.3, 0.4) is 0 Å². The molecular weight excluding hydrogens is 561 g/mol. The Labute approximate surface area is 228 Å². The average molecular weight is 583 g/mol. The lowest BCUT2D eigenvalue weighted by molar-refractivity contribution is -0.192. The highest BCUT2D eigenvalue weighted by atomic mass is 19.4. The zero-order valence-corrected chi connectivity index (χ0v) is 21.5. The molecule has 1 atom stereocenters. The number of aromatic nitrogens is 3. The number of benzene rings is 1. The standard InChI is InChI=1S/C23H21F2N5O4.C2HF3O2/c1-13-3-4-16(8-26-13)34-22-17(24)5-14(6-18(22)25)12-33-19-7-20-29-11-21(31)28(2)9-15(29)10-30(20)23(32)27-19;3-2(4,5)1(6)7/h3-8,15H,9-12H2,1-2H3;(H,6,7). The largest absolute Gasteiger partial charge is 0.490 e. The number of anilines is 1. The maximum Gasteiger partial charge on any atom is 0.490 e. The summed E-state index contributed by atoms with van der Waals surface area (Å²) in [7, 11) is 1.73. The number of nitrogens with zero attached hydrogens (tertiary/aromatic N) is 5. The van der Waals surface area contributed by atoms with E-state index in [2.05, 4.69) is 9.97 Å². The van der Waals surface area contributed by atoms with E-state index in [9.17, 15) is 31.5 Å². The van der Waals surface area contributed by atoms with E-state index in [1.54, 1.807) is 37.1 Å². The fourth-order valence-electron chi connectivity index (χ4n) is 4.09. The van der Waals surface area contributed by atoms with Gasteiger partial charge in [0.1, 0.15) is 18.2 Å². The zero-order chi connectivity index (χ0) is 30.1. The van der Waals surface area contributed by atoms with Gasteiger partial charge in [-0.1, -0.05) is 0 Å². The molecule has 2 aliphatic rings. The molecule has 1 N–H and O–H groups in total. The second-order valence-corrected chi connectivity index (χ2v) is 9.12. The predicted octanol–water partition coefficient (Wildman–Crippen LogP) is 2.89. The third kappa shape index (κ3) is 6.70. The van der Waals surface area contributed by atoms with Crippen molar-refractivity contribution in [2.45, 2.75) is 32.3 Å². The molecule has 41 heavy (non-hydrogen) atoms. The van der Waals surface area contributed by atoms with Crippen LogP contribution in [0.1, 0.15) is 11.3 Å². The van der Waals surface area contributed by atoms with E-state index < -0.39 is 35.2 Å². The van der Waals surface area contributed by atoms with Crippen molar-refractivity contribution < 1.29 is 46.1 Å². The number of carboxylic acid groups (broad SMARTS) is 1. The molecule has 0 radical (unpaired) electrons. The van der Waals surface area contributed by atoms with Gasteiger partial charge in [0, 0.05) is 25.4 Å². The number of aryl methyl sites for hydroxylation is 1. The molecule has 1 aromatic carbocycles. The first-order valence-corrected chi connectivity index (χ1v) is 11.9. The highest BCUT2D eigenvalue weighted by molar-refractivity contribution is 5.83. The molecule has 5 rings (SSSR count). The molecule has 1 unspecified atom stereocenters. The van der Waals surface area contributed by atoms with Gasteiger partial charge in [0.15, 0.2) is 17.4 Å². The fourth-order valence-corrected chi connectivity index (χ4v) is 4.09. The molecule has 0 bridgehead atoms. The molecule has 0 saturated carbocycles. The third-order valence-corrected chi connectivity index (χ3v) is 6.10. The summed E-state index contributed by atoms with van der Waals surface area (Å²) < 4.78 is 73.2. The third-order valence-electron chi connectivity index (χ3n) is 6.10. The van der Waals surface area contributed by atoms with Crippen molar-refractivity contribution in [1.29, 1.82) is 0 Å². The summed E-state index contributed by atoms with van der Waals surface area (Å²) in [4.78, 5) is 44.9. The van der Waals surface area contributed by atoms with Gasteiger partial charge in [-0.3, -0.25) is 14.3 Å². The number of hydrogen-bond acceptors (Lipinski definition) is 8. The van der Waals surface area contributed by atoms with Gasteiger partial charge < -0.3 is 24.4 Å². The molecule has 0 spiro atoms. The quantitative estimate of drug-likeness (QED) is 0.451. The van der Waals surface area contributed by atoms with E-state index in [1.807, 2.05) is 4.90 Å². The second-order valence-electron chi connectivity index (χ2n) is 9.12. The highest BCUT2D eigenvalue weighted by Gasteiger charge is 2.39. The van der Waals surface area contributed by atoms with Crippen LogP contribution in [0.2, 0.25) is 0 Å². The summed E-state index contributed by atoms with van der Waals surface area (Å²) in [6.45, 7) is 2.64. The average Bonchev–Trinajstić information content (AvgIpc) is 3.24. The van der Waals surface area contributed by atoms with Crippen molar-refractivity contribution >= 4 is 17.7 Å². The minimum Gasteiger partial charge on any atom is -0.475 e. The molecule has 16 heteroatoms. The first-order valence-electron chi connectivity index (χ1n) is 11.9. The van der Waals surface area contributed by atoms with Gasteiger partial charge in [-0.15, -0.1) is 0 Å². The fraction of sp³-hybridized carbons (Fsp3) is 0.320. The van der Waals surface area contributed by atoms with Crippen molar-refractivity contribution in [3.05, 3.63) is 69.9 Å². The molecule has 218 valence electrons. The molecule has 3 aromatic rings. The van der Waals surface area contributed by atoms with Crippen LogP contribution in [0.4, 0.5) is 27.8 Å². The molecule has 1 fully saturated rings. The van der Waals surface area contributed by atoms with E-state index in [0.29, 0.717) is 18.9 Å². The molecule has 1 saturated heterocycles. The van der Waals surface area contributed by atoms with Crippen LogP contribution in [0.15, 0.2) is 41.3 Å². The van der Waals surface area contributed by atoms with E-state index in [1.165, 1.54) is 10.8 Å². The molecule has 0 aliphatic carbocycles. The normalized spacial score (nSPS) is 16.0. The van der Waals surface area contributed by atoms with Crippen LogP contribution in [0.25, 0.3) is 0 Å². The minimum atomic E-state index is -5.08. The Hall–Kier alpha value is -4.76. The van der Waals surface area contributed by atoms with Crippen molar-refractivity contribution in [3.63, 3.8) is 0 Å². The SMILES string of the molecule is Cc1ccc(Oc2c(F)cc(COc3cc4n(c(=O)n3)CC3CN(C)C(=O)CN43)cc2F)cn1.O=C(O)C(F)(F)F. The molecule has 2 aromatic heterocycles. The predicted molar refractivity (Wildman–Crippen MR) is 131 cm³/mol. The maximum atomic E-state index is 14.5. The van der Waals surface area contributed by atoms with E-state index in [-0.39, 0.29) is 42.3 Å². The van der Waals surface area contributed by atoms with Gasteiger partial charge in [0.2, 0.25) is 11.8 Å². The number of carbonyl (C=O) groups excluding carboxylic acids is 1. The number of amides is 1. The number of hydrogen-bond donors (Lipinski definition) is 1. The number of alkyl halides is 3. The number of aliphatic carboxylic acids is 1. The van der Waals surface area contributed by atoms with Crippen molar-refractivity contribution in [2.75, 3.05) is 25.0 Å². The van der Waals surface area contributed by atoms with Gasteiger partial charge in [-0.25, -0.2) is 18.4 Å². The van der Waals surface area contributed by atoms with Gasteiger partial charge in [0.25, 0.3) is 0 Å². The first kappa shape index (κ1) is 29.2. The summed E-state index contributed by atoms with van der Waals surface area (Å²) in [5, 5.41) is 7.12. The monoisotopic (exact) mass is 583 g/mol. The van der Waals surface area contributed by atoms with Crippen LogP contribution in [0.5, 0.6) is 17.4 Å². The molecule has 11 nitrogen and oxygen atoms in total. The summed E-state index contributed by atoms with van der Waals surface area (Å²) in [6.07, 6.45) is -3.71. The first-order chi connectivity index (χ1) is 19.2. The topological polar surface area (TPSA) is 127 Å². The molecule has 4 heterocycles. The molecule has 1 amide bonds. The maximum absolute atomic E-state index is 14.5. The summed E-state index contributed by atoms with van der Waals surface area (Å²) >= 11 is 0. The van der Waals surface area contributed by atoms with Crippen molar-refractivity contribution in [3.8, 4) is 17.4 Å². The number of carboxylic acids is 1. The van der Waals surface area contributed by atoms with Gasteiger partial charge in [-0.05, 0) is 36.8 Å². The van der Waals surface area contributed by atoms with Crippen LogP contribution in [-0.4, -0.2) is 68.8 Å². The number of halogens is 5. The number of likely N-dealkylation sites (N-methyl/N-ethyl adjacent to an activating group) is 1. The van der Waals surface area contributed by atoms with Crippen molar-refractivity contribution in [1.82, 2.24) is 19.4 Å². The number of ether oxygens (including phenoxy) is 2. The smallest absolute Gasteiger partial charge is 0.475 e. The van der Waals surface area contributed by atoms with E-state index in [4.69, 9.17) is 19.4 Å². The Balaban J connectivity index is 0.000000493. The Bertz CT molecular complexity index is 1510. The molecular formula is C25H22F5N5O6. The van der Waals surface area contributed by atoms with Crippen molar-refractivity contribution in [2.24, 2.45) is 0 Å². The highest BCUT2D eigenvalue weighted by Crippen LogP contribution is 2.31. The summed E-state index contributed by atoms with van der Waals surface area (Å²) in [5.41, 5.74) is 0.430. The summed E-state index contributed by atoms with van der Waals surface area (Å²) in [6, 6.07) is 6.96. The Morgan fingerprint density at radius 3 is 2.37 bits per heavy atom. The number of pyridine rings is 1. The van der Waals surface area contributed by atoms with Gasteiger partial charge >= 0.3 is 17.8 Å². The lowest BCUT2D eigenvalue weighted by Crippen LogP contribution is -2.53. The van der Waals surface area contributed by atoms with E-state index in [0.717, 1.165) is 17.8 Å². The number of fused-ring (bicyclic) bond motifs is 3.